The van der Waals surface area contributed by atoms with Gasteiger partial charge in [-0.3, -0.25) is 14.5 Å². The molecule has 5 heteroatoms. The van der Waals surface area contributed by atoms with E-state index in [9.17, 15) is 9.59 Å². The minimum absolute atomic E-state index is 0.0407. The quantitative estimate of drug-likeness (QED) is 0.516. The van der Waals surface area contributed by atoms with Crippen LogP contribution >= 0.6 is 0 Å². The van der Waals surface area contributed by atoms with E-state index in [-0.39, 0.29) is 30.3 Å². The molecule has 0 aromatic carbocycles. The molecule has 1 saturated heterocycles. The van der Waals surface area contributed by atoms with Crippen molar-refractivity contribution in [3.05, 3.63) is 0 Å². The number of nitrogens with one attached hydrogen (secondary N) is 1. The van der Waals surface area contributed by atoms with E-state index in [4.69, 9.17) is 4.74 Å². The second-order valence-corrected chi connectivity index (χ2v) is 5.75. The first-order valence-corrected chi connectivity index (χ1v) is 7.68. The topological polar surface area (TPSA) is 58.6 Å². The third kappa shape index (κ3) is 4.56. The van der Waals surface area contributed by atoms with Crippen LogP contribution in [0.25, 0.3) is 0 Å². The Morgan fingerprint density at radius 3 is 2.50 bits per heavy atom. The maximum Gasteiger partial charge on any atom is 0.247 e. The second kappa shape index (κ2) is 8.37. The summed E-state index contributed by atoms with van der Waals surface area (Å²) in [5.41, 5.74) is 0. The lowest BCUT2D eigenvalue weighted by Gasteiger charge is -2.24. The first-order valence-electron chi connectivity index (χ1n) is 7.68. The van der Waals surface area contributed by atoms with Crippen LogP contribution in [0, 0.1) is 5.92 Å². The van der Waals surface area contributed by atoms with Crippen LogP contribution in [-0.2, 0) is 14.3 Å². The van der Waals surface area contributed by atoms with E-state index in [1.165, 1.54) is 4.90 Å². The van der Waals surface area contributed by atoms with Gasteiger partial charge in [-0.1, -0.05) is 27.7 Å². The van der Waals surface area contributed by atoms with Crippen molar-refractivity contribution in [2.45, 2.75) is 59.0 Å². The maximum atomic E-state index is 12.2. The molecule has 1 atom stereocenters. The van der Waals surface area contributed by atoms with Gasteiger partial charge in [-0.25, -0.2) is 0 Å². The van der Waals surface area contributed by atoms with Crippen LogP contribution < -0.4 is 5.32 Å². The fourth-order valence-electron chi connectivity index (χ4n) is 2.47. The first-order chi connectivity index (χ1) is 9.51. The number of carbonyl (C=O) groups excluding carboxylic acids is 2. The first kappa shape index (κ1) is 17.1. The van der Waals surface area contributed by atoms with Crippen LogP contribution in [0.1, 0.15) is 47.0 Å². The van der Waals surface area contributed by atoms with Gasteiger partial charge in [0.15, 0.2) is 0 Å². The average molecular weight is 284 g/mol. The zero-order valence-electron chi connectivity index (χ0n) is 13.1. The molecule has 1 rings (SSSR count). The molecule has 116 valence electrons. The highest BCUT2D eigenvalue weighted by atomic mass is 16.5. The standard InChI is InChI=1S/C15H28N2O3/c1-5-12(6-2)17-14(18)9-13(15(17)19)16-7-8-20-10-11(3)4/h11-13,16H,5-10H2,1-4H3. The number of likely N-dealkylation sites (tertiary alicyclic amines) is 1. The zero-order valence-corrected chi connectivity index (χ0v) is 13.1. The monoisotopic (exact) mass is 284 g/mol. The number of carbonyl (C=O) groups is 2. The van der Waals surface area contributed by atoms with E-state index in [1.807, 2.05) is 13.8 Å². The van der Waals surface area contributed by atoms with Gasteiger partial charge in [0.25, 0.3) is 0 Å². The van der Waals surface area contributed by atoms with Gasteiger partial charge in [0, 0.05) is 19.2 Å². The molecule has 2 amide bonds. The van der Waals surface area contributed by atoms with Crippen molar-refractivity contribution in [3.8, 4) is 0 Å². The van der Waals surface area contributed by atoms with Gasteiger partial charge in [0.1, 0.15) is 0 Å². The maximum absolute atomic E-state index is 12.2. The van der Waals surface area contributed by atoms with Gasteiger partial charge in [0.2, 0.25) is 11.8 Å². The molecule has 1 aliphatic heterocycles. The Balaban J connectivity index is 2.38. The van der Waals surface area contributed by atoms with Gasteiger partial charge in [-0.15, -0.1) is 0 Å². The molecule has 5 nitrogen and oxygen atoms in total. The average Bonchev–Trinajstić information content (AvgIpc) is 2.67. The van der Waals surface area contributed by atoms with Crippen LogP contribution in [0.2, 0.25) is 0 Å². The molecule has 0 bridgehead atoms. The molecule has 1 heterocycles. The van der Waals surface area contributed by atoms with E-state index in [0.29, 0.717) is 19.1 Å². The number of hydrogen-bond acceptors (Lipinski definition) is 4. The molecular weight excluding hydrogens is 256 g/mol. The summed E-state index contributed by atoms with van der Waals surface area (Å²) in [7, 11) is 0. The SMILES string of the molecule is CCC(CC)N1C(=O)CC(NCCOCC(C)C)C1=O. The molecule has 1 aliphatic rings. The number of imide groups is 1. The lowest BCUT2D eigenvalue weighted by Crippen LogP contribution is -2.44. The normalized spacial score (nSPS) is 19.7. The van der Waals surface area contributed by atoms with Crippen molar-refractivity contribution in [3.63, 3.8) is 0 Å². The number of amides is 2. The van der Waals surface area contributed by atoms with Gasteiger partial charge in [-0.05, 0) is 18.8 Å². The summed E-state index contributed by atoms with van der Waals surface area (Å²) in [4.78, 5) is 25.7. The van der Waals surface area contributed by atoms with E-state index >= 15 is 0 Å². The van der Waals surface area contributed by atoms with E-state index in [2.05, 4.69) is 19.2 Å². The summed E-state index contributed by atoms with van der Waals surface area (Å²) >= 11 is 0. The van der Waals surface area contributed by atoms with Gasteiger partial charge in [-0.2, -0.15) is 0 Å². The Labute approximate surface area is 122 Å². The molecule has 20 heavy (non-hydrogen) atoms. The van der Waals surface area contributed by atoms with Crippen molar-refractivity contribution in [2.75, 3.05) is 19.8 Å². The number of ether oxygens (including phenoxy) is 1. The molecule has 1 fully saturated rings. The minimum atomic E-state index is -0.370. The van der Waals surface area contributed by atoms with Crippen molar-refractivity contribution in [1.82, 2.24) is 10.2 Å². The highest BCUT2D eigenvalue weighted by molar-refractivity contribution is 6.05. The molecule has 0 aliphatic carbocycles. The van der Waals surface area contributed by atoms with Crippen molar-refractivity contribution >= 4 is 11.8 Å². The van der Waals surface area contributed by atoms with Crippen LogP contribution in [0.4, 0.5) is 0 Å². The predicted molar refractivity (Wildman–Crippen MR) is 78.3 cm³/mol. The fraction of sp³-hybridized carbons (Fsp3) is 0.867. The molecule has 0 saturated carbocycles. The summed E-state index contributed by atoms with van der Waals surface area (Å²) in [6.45, 7) is 10.1. The number of rotatable bonds is 9. The lowest BCUT2D eigenvalue weighted by atomic mass is 10.1. The fourth-order valence-corrected chi connectivity index (χ4v) is 2.47. The molecule has 0 radical (unpaired) electrons. The summed E-state index contributed by atoms with van der Waals surface area (Å²) in [5, 5.41) is 3.13. The third-order valence-electron chi connectivity index (χ3n) is 3.58. The van der Waals surface area contributed by atoms with Crippen molar-refractivity contribution < 1.29 is 14.3 Å². The van der Waals surface area contributed by atoms with Crippen LogP contribution in [0.15, 0.2) is 0 Å². The highest BCUT2D eigenvalue weighted by Gasteiger charge is 2.40. The Kier molecular flexibility index (Phi) is 7.16. The molecule has 0 aromatic rings. The van der Waals surface area contributed by atoms with E-state index in [0.717, 1.165) is 19.4 Å². The summed E-state index contributed by atoms with van der Waals surface area (Å²) in [6.07, 6.45) is 1.91. The van der Waals surface area contributed by atoms with E-state index < -0.39 is 0 Å². The van der Waals surface area contributed by atoms with Crippen molar-refractivity contribution in [1.29, 1.82) is 0 Å². The van der Waals surface area contributed by atoms with Gasteiger partial charge in [0.05, 0.1) is 19.1 Å². The molecule has 0 spiro atoms. The Hall–Kier alpha value is -0.940. The lowest BCUT2D eigenvalue weighted by molar-refractivity contribution is -0.141. The molecule has 1 N–H and O–H groups in total. The van der Waals surface area contributed by atoms with Crippen LogP contribution in [0.3, 0.4) is 0 Å². The highest BCUT2D eigenvalue weighted by Crippen LogP contribution is 2.19. The zero-order chi connectivity index (χ0) is 15.1. The van der Waals surface area contributed by atoms with E-state index in [1.54, 1.807) is 0 Å². The molecule has 0 aromatic heterocycles. The molecular formula is C15H28N2O3. The van der Waals surface area contributed by atoms with Crippen LogP contribution in [-0.4, -0.2) is 48.6 Å². The summed E-state index contributed by atoms with van der Waals surface area (Å²) < 4.78 is 5.46. The Bertz CT molecular complexity index is 327. The smallest absolute Gasteiger partial charge is 0.247 e. The Morgan fingerprint density at radius 2 is 1.95 bits per heavy atom. The van der Waals surface area contributed by atoms with Crippen molar-refractivity contribution in [2.24, 2.45) is 5.92 Å². The van der Waals surface area contributed by atoms with Gasteiger partial charge >= 0.3 is 0 Å². The molecule has 1 unspecified atom stereocenters. The van der Waals surface area contributed by atoms with Gasteiger partial charge < -0.3 is 10.1 Å². The predicted octanol–water partition coefficient (Wildman–Crippen LogP) is 1.56. The summed E-state index contributed by atoms with van der Waals surface area (Å²) in [6, 6.07) is -0.329. The second-order valence-electron chi connectivity index (χ2n) is 5.75. The third-order valence-corrected chi connectivity index (χ3v) is 3.58. The minimum Gasteiger partial charge on any atom is -0.380 e. The Morgan fingerprint density at radius 1 is 1.30 bits per heavy atom. The summed E-state index contributed by atoms with van der Waals surface area (Å²) in [5.74, 6) is 0.381. The number of nitrogens with zero attached hydrogens (tertiary/aromatic N) is 1. The number of hydrogen-bond donors (Lipinski definition) is 1. The van der Waals surface area contributed by atoms with Crippen LogP contribution in [0.5, 0.6) is 0 Å². The largest absolute Gasteiger partial charge is 0.380 e.